The highest BCUT2D eigenvalue weighted by Gasteiger charge is 2.39. The summed E-state index contributed by atoms with van der Waals surface area (Å²) in [6, 6.07) is 0. The van der Waals surface area contributed by atoms with Gasteiger partial charge in [0.15, 0.2) is 8.32 Å². The summed E-state index contributed by atoms with van der Waals surface area (Å²) in [5.74, 6) is 0. The highest BCUT2D eigenvalue weighted by atomic mass is 28.4. The number of hydrogen-bond donors (Lipinski definition) is 2. The molecular formula is C16H34O3Si. The molecule has 0 saturated carbocycles. The topological polar surface area (TPSA) is 49.7 Å². The number of allylic oxidation sites excluding steroid dienone is 1. The molecule has 0 saturated heterocycles. The van der Waals surface area contributed by atoms with Crippen LogP contribution in [0.5, 0.6) is 0 Å². The molecule has 0 amide bonds. The smallest absolute Gasteiger partial charge is 0.192 e. The number of rotatable bonds is 10. The monoisotopic (exact) mass is 302 g/mol. The molecule has 0 aromatic carbocycles. The Kier molecular flexibility index (Phi) is 8.90. The van der Waals surface area contributed by atoms with Crippen molar-refractivity contribution >= 4 is 8.32 Å². The van der Waals surface area contributed by atoms with Gasteiger partial charge in [-0.1, -0.05) is 26.8 Å². The van der Waals surface area contributed by atoms with Crippen LogP contribution in [0.15, 0.2) is 12.7 Å². The van der Waals surface area contributed by atoms with Crippen molar-refractivity contribution in [1.29, 1.82) is 0 Å². The quantitative estimate of drug-likeness (QED) is 0.366. The van der Waals surface area contributed by atoms with Crippen LogP contribution in [0, 0.1) is 0 Å². The van der Waals surface area contributed by atoms with Crippen LogP contribution in [0.25, 0.3) is 0 Å². The predicted molar refractivity (Wildman–Crippen MR) is 88.4 cm³/mol. The van der Waals surface area contributed by atoms with Crippen LogP contribution < -0.4 is 0 Å². The molecule has 0 rings (SSSR count). The molecule has 20 heavy (non-hydrogen) atoms. The highest BCUT2D eigenvalue weighted by molar-refractivity contribution is 6.74. The standard InChI is InChI=1S/C16H34O3Si/c1-7-8-9-10-15(13-14(18)11-12-17)19-20(5,6)16(2,3)4/h7,14-15,17-18H,1,8-13H2,2-6H3/t14-,15-/m0/s1. The molecule has 3 nitrogen and oxygen atoms in total. The zero-order valence-electron chi connectivity index (χ0n) is 14.0. The first-order valence-electron chi connectivity index (χ1n) is 7.71. The van der Waals surface area contributed by atoms with Crippen LogP contribution in [0.3, 0.4) is 0 Å². The molecule has 0 spiro atoms. The average Bonchev–Trinajstić information content (AvgIpc) is 2.27. The summed E-state index contributed by atoms with van der Waals surface area (Å²) in [6.45, 7) is 14.9. The van der Waals surface area contributed by atoms with Crippen molar-refractivity contribution in [3.8, 4) is 0 Å². The predicted octanol–water partition coefficient (Wildman–Crippen LogP) is 3.87. The molecule has 2 N–H and O–H groups in total. The molecule has 0 aliphatic carbocycles. The maximum Gasteiger partial charge on any atom is 0.192 e. The van der Waals surface area contributed by atoms with E-state index in [2.05, 4.69) is 40.4 Å². The van der Waals surface area contributed by atoms with Crippen molar-refractivity contribution in [2.45, 2.75) is 83.2 Å². The second kappa shape index (κ2) is 8.98. The molecule has 0 aromatic rings. The van der Waals surface area contributed by atoms with Gasteiger partial charge in [0.25, 0.3) is 0 Å². The van der Waals surface area contributed by atoms with Gasteiger partial charge in [0.1, 0.15) is 0 Å². The molecule has 0 bridgehead atoms. The maximum atomic E-state index is 9.93. The minimum absolute atomic E-state index is 0.0284. The normalized spacial score (nSPS) is 15.9. The zero-order valence-corrected chi connectivity index (χ0v) is 15.0. The molecule has 0 aromatic heterocycles. The van der Waals surface area contributed by atoms with E-state index in [1.807, 2.05) is 6.08 Å². The maximum absolute atomic E-state index is 9.93. The van der Waals surface area contributed by atoms with Gasteiger partial charge in [-0.2, -0.15) is 0 Å². The van der Waals surface area contributed by atoms with Crippen molar-refractivity contribution in [1.82, 2.24) is 0 Å². The van der Waals surface area contributed by atoms with Gasteiger partial charge in [0, 0.05) is 12.7 Å². The lowest BCUT2D eigenvalue weighted by atomic mass is 10.0. The van der Waals surface area contributed by atoms with Crippen molar-refractivity contribution in [3.05, 3.63) is 12.7 Å². The van der Waals surface area contributed by atoms with Crippen molar-refractivity contribution < 1.29 is 14.6 Å². The van der Waals surface area contributed by atoms with Crippen LogP contribution in [-0.4, -0.2) is 37.3 Å². The van der Waals surface area contributed by atoms with Crippen LogP contribution in [0.2, 0.25) is 18.1 Å². The van der Waals surface area contributed by atoms with Gasteiger partial charge in [-0.15, -0.1) is 6.58 Å². The molecule has 0 aliphatic rings. The molecule has 0 aliphatic heterocycles. The van der Waals surface area contributed by atoms with E-state index in [0.29, 0.717) is 12.8 Å². The summed E-state index contributed by atoms with van der Waals surface area (Å²) in [6.07, 6.45) is 5.54. The fourth-order valence-electron chi connectivity index (χ4n) is 1.88. The van der Waals surface area contributed by atoms with E-state index in [0.717, 1.165) is 19.3 Å². The van der Waals surface area contributed by atoms with Gasteiger partial charge in [0.05, 0.1) is 6.10 Å². The molecule has 4 heteroatoms. The van der Waals surface area contributed by atoms with Gasteiger partial charge in [0.2, 0.25) is 0 Å². The summed E-state index contributed by atoms with van der Waals surface area (Å²) in [5.41, 5.74) is 0. The summed E-state index contributed by atoms with van der Waals surface area (Å²) in [4.78, 5) is 0. The van der Waals surface area contributed by atoms with Crippen LogP contribution in [0.1, 0.15) is 52.9 Å². The third kappa shape index (κ3) is 7.57. The average molecular weight is 303 g/mol. The Morgan fingerprint density at radius 3 is 2.30 bits per heavy atom. The van der Waals surface area contributed by atoms with E-state index in [4.69, 9.17) is 9.53 Å². The Bertz CT molecular complexity index is 271. The lowest BCUT2D eigenvalue weighted by molar-refractivity contribution is 0.0645. The zero-order chi connectivity index (χ0) is 15.8. The molecule has 0 fully saturated rings. The Labute approximate surface area is 126 Å². The first-order valence-corrected chi connectivity index (χ1v) is 10.6. The van der Waals surface area contributed by atoms with Gasteiger partial charge in [-0.05, 0) is 50.2 Å². The number of hydrogen-bond acceptors (Lipinski definition) is 3. The fraction of sp³-hybridized carbons (Fsp3) is 0.875. The van der Waals surface area contributed by atoms with Gasteiger partial charge >= 0.3 is 0 Å². The summed E-state index contributed by atoms with van der Waals surface area (Å²) < 4.78 is 6.43. The Hall–Kier alpha value is -0.163. The van der Waals surface area contributed by atoms with Gasteiger partial charge in [-0.25, -0.2) is 0 Å². The molecule has 2 atom stereocenters. The largest absolute Gasteiger partial charge is 0.414 e. The van der Waals surface area contributed by atoms with Crippen LogP contribution >= 0.6 is 0 Å². The van der Waals surface area contributed by atoms with E-state index < -0.39 is 14.4 Å². The molecule has 0 radical (unpaired) electrons. The van der Waals surface area contributed by atoms with Crippen molar-refractivity contribution in [2.75, 3.05) is 6.61 Å². The van der Waals surface area contributed by atoms with E-state index >= 15 is 0 Å². The van der Waals surface area contributed by atoms with Gasteiger partial charge < -0.3 is 14.6 Å². The lowest BCUT2D eigenvalue weighted by Crippen LogP contribution is -2.44. The summed E-state index contributed by atoms with van der Waals surface area (Å²) >= 11 is 0. The third-order valence-corrected chi connectivity index (χ3v) is 8.73. The fourth-order valence-corrected chi connectivity index (χ4v) is 3.28. The molecule has 0 unspecified atom stereocenters. The molecular weight excluding hydrogens is 268 g/mol. The second-order valence-electron chi connectivity index (χ2n) is 7.12. The minimum atomic E-state index is -1.82. The van der Waals surface area contributed by atoms with Crippen molar-refractivity contribution in [3.63, 3.8) is 0 Å². The van der Waals surface area contributed by atoms with E-state index in [1.54, 1.807) is 0 Å². The van der Waals surface area contributed by atoms with Crippen LogP contribution in [0.4, 0.5) is 0 Å². The van der Waals surface area contributed by atoms with E-state index in [-0.39, 0.29) is 17.7 Å². The third-order valence-electron chi connectivity index (χ3n) is 4.20. The minimum Gasteiger partial charge on any atom is -0.414 e. The van der Waals surface area contributed by atoms with Crippen molar-refractivity contribution in [2.24, 2.45) is 0 Å². The van der Waals surface area contributed by atoms with E-state index in [9.17, 15) is 5.11 Å². The van der Waals surface area contributed by atoms with Crippen LogP contribution in [-0.2, 0) is 4.43 Å². The first-order chi connectivity index (χ1) is 9.14. The first kappa shape index (κ1) is 19.8. The number of aliphatic hydroxyl groups excluding tert-OH is 2. The highest BCUT2D eigenvalue weighted by Crippen LogP contribution is 2.38. The van der Waals surface area contributed by atoms with Gasteiger partial charge in [-0.3, -0.25) is 0 Å². The Morgan fingerprint density at radius 1 is 1.25 bits per heavy atom. The summed E-state index contributed by atoms with van der Waals surface area (Å²) in [7, 11) is -1.82. The number of unbranched alkanes of at least 4 members (excludes halogenated alkanes) is 1. The summed E-state index contributed by atoms with van der Waals surface area (Å²) in [5, 5.41) is 19.0. The lowest BCUT2D eigenvalue weighted by Gasteiger charge is -2.40. The Balaban J connectivity index is 4.62. The second-order valence-corrected chi connectivity index (χ2v) is 11.9. The molecule has 120 valence electrons. The number of aliphatic hydroxyl groups is 2. The SMILES string of the molecule is C=CCCC[C@@H](C[C@@H](O)CCO)O[Si](C)(C)C(C)(C)C. The molecule has 0 heterocycles. The Morgan fingerprint density at radius 2 is 1.85 bits per heavy atom. The van der Waals surface area contributed by atoms with E-state index in [1.165, 1.54) is 0 Å².